The molecule has 1 rings (SSSR count). The van der Waals surface area contributed by atoms with Crippen LogP contribution in [0.3, 0.4) is 0 Å². The molecule has 0 saturated carbocycles. The molecule has 1 saturated heterocycles. The number of rotatable bonds is 6. The number of piperidine rings is 1. The summed E-state index contributed by atoms with van der Waals surface area (Å²) in [6.45, 7) is 9.45. The van der Waals surface area contributed by atoms with Gasteiger partial charge in [0.1, 0.15) is 0 Å². The van der Waals surface area contributed by atoms with Crippen molar-refractivity contribution in [3.05, 3.63) is 0 Å². The average molecular weight is 229 g/mol. The molecule has 4 nitrogen and oxygen atoms in total. The van der Waals surface area contributed by atoms with Crippen LogP contribution in [0.25, 0.3) is 0 Å². The number of β-amino-alcohol motifs (C(OH)–C–C–N with tert-alkyl or cyclic N) is 1. The van der Waals surface area contributed by atoms with Crippen molar-refractivity contribution in [1.82, 2.24) is 10.2 Å². The lowest BCUT2D eigenvalue weighted by molar-refractivity contribution is 0.123. The van der Waals surface area contributed by atoms with Crippen molar-refractivity contribution in [2.75, 3.05) is 39.3 Å². The fourth-order valence-electron chi connectivity index (χ4n) is 2.45. The Bertz CT molecular complexity index is 189. The van der Waals surface area contributed by atoms with Gasteiger partial charge in [-0.3, -0.25) is 0 Å². The summed E-state index contributed by atoms with van der Waals surface area (Å²) in [6, 6.07) is 0. The van der Waals surface area contributed by atoms with Gasteiger partial charge in [-0.05, 0) is 31.8 Å². The summed E-state index contributed by atoms with van der Waals surface area (Å²) in [7, 11) is 0. The zero-order chi connectivity index (χ0) is 12.0. The third kappa shape index (κ3) is 4.01. The Morgan fingerprint density at radius 3 is 2.44 bits per heavy atom. The van der Waals surface area contributed by atoms with Gasteiger partial charge in [-0.1, -0.05) is 13.8 Å². The molecule has 0 spiro atoms. The lowest BCUT2D eigenvalue weighted by Crippen LogP contribution is -2.58. The van der Waals surface area contributed by atoms with E-state index in [2.05, 4.69) is 24.1 Å². The first-order chi connectivity index (χ1) is 7.62. The van der Waals surface area contributed by atoms with Crippen LogP contribution < -0.4 is 11.1 Å². The van der Waals surface area contributed by atoms with Crippen LogP contribution in [0.1, 0.15) is 26.7 Å². The van der Waals surface area contributed by atoms with Crippen molar-refractivity contribution < 1.29 is 5.11 Å². The molecule has 1 aliphatic rings. The van der Waals surface area contributed by atoms with E-state index in [1.165, 1.54) is 6.54 Å². The highest BCUT2D eigenvalue weighted by Gasteiger charge is 2.32. The molecule has 0 aromatic carbocycles. The fourth-order valence-corrected chi connectivity index (χ4v) is 2.45. The van der Waals surface area contributed by atoms with Gasteiger partial charge in [-0.25, -0.2) is 0 Å². The minimum absolute atomic E-state index is 0.0657. The van der Waals surface area contributed by atoms with Crippen LogP contribution in [0.5, 0.6) is 0 Å². The summed E-state index contributed by atoms with van der Waals surface area (Å²) in [5.41, 5.74) is 5.93. The fraction of sp³-hybridized carbons (Fsp3) is 1.00. The summed E-state index contributed by atoms with van der Waals surface area (Å²) in [4.78, 5) is 2.51. The second-order valence-corrected chi connectivity index (χ2v) is 5.33. The first-order valence-corrected chi connectivity index (χ1v) is 6.40. The second kappa shape index (κ2) is 6.55. The van der Waals surface area contributed by atoms with Gasteiger partial charge in [0, 0.05) is 25.2 Å². The van der Waals surface area contributed by atoms with Crippen LogP contribution >= 0.6 is 0 Å². The topological polar surface area (TPSA) is 61.5 Å². The van der Waals surface area contributed by atoms with Crippen molar-refractivity contribution in [2.24, 2.45) is 11.7 Å². The normalized spacial score (nSPS) is 21.6. The largest absolute Gasteiger partial charge is 0.395 e. The molecule has 0 aromatic rings. The molecule has 0 radical (unpaired) electrons. The van der Waals surface area contributed by atoms with Gasteiger partial charge in [-0.15, -0.1) is 0 Å². The molecule has 0 bridgehead atoms. The van der Waals surface area contributed by atoms with E-state index < -0.39 is 0 Å². The Morgan fingerprint density at radius 1 is 1.38 bits per heavy atom. The molecule has 16 heavy (non-hydrogen) atoms. The third-order valence-electron chi connectivity index (χ3n) is 3.44. The second-order valence-electron chi connectivity index (χ2n) is 5.33. The van der Waals surface area contributed by atoms with E-state index in [9.17, 15) is 0 Å². The smallest absolute Gasteiger partial charge is 0.0556 e. The zero-order valence-corrected chi connectivity index (χ0v) is 10.7. The first-order valence-electron chi connectivity index (χ1n) is 6.40. The maximum atomic E-state index is 8.86. The summed E-state index contributed by atoms with van der Waals surface area (Å²) < 4.78 is 0. The van der Waals surface area contributed by atoms with E-state index in [-0.39, 0.29) is 12.1 Å². The van der Waals surface area contributed by atoms with Crippen LogP contribution in [0.15, 0.2) is 0 Å². The molecule has 96 valence electrons. The highest BCUT2D eigenvalue weighted by molar-refractivity contribution is 4.94. The summed E-state index contributed by atoms with van der Waals surface area (Å²) >= 11 is 0. The van der Waals surface area contributed by atoms with E-state index >= 15 is 0 Å². The monoisotopic (exact) mass is 229 g/mol. The van der Waals surface area contributed by atoms with Crippen molar-refractivity contribution in [1.29, 1.82) is 0 Å². The van der Waals surface area contributed by atoms with Crippen molar-refractivity contribution in [3.8, 4) is 0 Å². The minimum Gasteiger partial charge on any atom is -0.395 e. The maximum absolute atomic E-state index is 8.86. The van der Waals surface area contributed by atoms with E-state index in [0.29, 0.717) is 13.1 Å². The van der Waals surface area contributed by atoms with Gasteiger partial charge < -0.3 is 21.1 Å². The van der Waals surface area contributed by atoms with Gasteiger partial charge in [0.2, 0.25) is 0 Å². The van der Waals surface area contributed by atoms with Crippen LogP contribution in [0.4, 0.5) is 0 Å². The lowest BCUT2D eigenvalue weighted by Gasteiger charge is -2.42. The lowest BCUT2D eigenvalue weighted by atomic mass is 9.87. The van der Waals surface area contributed by atoms with Gasteiger partial charge >= 0.3 is 0 Å². The van der Waals surface area contributed by atoms with E-state index in [4.69, 9.17) is 10.8 Å². The number of aliphatic hydroxyl groups excluding tert-OH is 1. The maximum Gasteiger partial charge on any atom is 0.0556 e. The number of nitrogens with two attached hydrogens (primary N) is 1. The molecular formula is C12H27N3O. The average Bonchev–Trinajstić information content (AvgIpc) is 2.28. The number of nitrogens with one attached hydrogen (secondary N) is 1. The quantitative estimate of drug-likeness (QED) is 0.601. The van der Waals surface area contributed by atoms with Gasteiger partial charge in [0.15, 0.2) is 0 Å². The summed E-state index contributed by atoms with van der Waals surface area (Å²) in [5, 5.41) is 12.3. The predicted octanol–water partition coefficient (Wildman–Crippen LogP) is 0.0176. The van der Waals surface area contributed by atoms with E-state index in [1.54, 1.807) is 0 Å². The zero-order valence-electron chi connectivity index (χ0n) is 10.7. The third-order valence-corrected chi connectivity index (χ3v) is 3.44. The number of hydrogen-bond donors (Lipinski definition) is 3. The first kappa shape index (κ1) is 13.9. The number of nitrogens with zero attached hydrogens (tertiary/aromatic N) is 1. The minimum atomic E-state index is 0.0657. The van der Waals surface area contributed by atoms with Crippen molar-refractivity contribution >= 4 is 0 Å². The Hall–Kier alpha value is -0.160. The van der Waals surface area contributed by atoms with Gasteiger partial charge in [0.25, 0.3) is 0 Å². The molecule has 4 N–H and O–H groups in total. The molecule has 1 fully saturated rings. The van der Waals surface area contributed by atoms with Crippen molar-refractivity contribution in [3.63, 3.8) is 0 Å². The molecule has 0 aromatic heterocycles. The Kier molecular flexibility index (Phi) is 5.69. The predicted molar refractivity (Wildman–Crippen MR) is 67.4 cm³/mol. The number of likely N-dealkylation sites (tertiary alicyclic amines) is 1. The Balaban J connectivity index is 2.37. The van der Waals surface area contributed by atoms with Crippen LogP contribution in [0, 0.1) is 5.92 Å². The molecule has 0 atom stereocenters. The molecule has 1 aliphatic heterocycles. The van der Waals surface area contributed by atoms with Crippen molar-refractivity contribution in [2.45, 2.75) is 32.2 Å². The number of aliphatic hydroxyl groups is 1. The van der Waals surface area contributed by atoms with Crippen LogP contribution in [-0.2, 0) is 0 Å². The van der Waals surface area contributed by atoms with E-state index in [1.807, 2.05) is 0 Å². The molecule has 0 amide bonds. The Labute approximate surface area is 99.2 Å². The summed E-state index contributed by atoms with van der Waals surface area (Å²) in [6.07, 6.45) is 2.19. The standard InChI is InChI=1S/C12H27N3O/c1-11(2)9-15-6-3-12(10-13,4-7-15)14-5-8-16/h11,14,16H,3-10,13H2,1-2H3. The van der Waals surface area contributed by atoms with Gasteiger partial charge in [0.05, 0.1) is 6.61 Å². The Morgan fingerprint density at radius 2 is 2.00 bits per heavy atom. The molecular weight excluding hydrogens is 202 g/mol. The molecule has 0 unspecified atom stereocenters. The SMILES string of the molecule is CC(C)CN1CCC(CN)(NCCO)CC1. The van der Waals surface area contributed by atoms with Crippen LogP contribution in [0.2, 0.25) is 0 Å². The molecule has 4 heteroatoms. The number of hydrogen-bond acceptors (Lipinski definition) is 4. The van der Waals surface area contributed by atoms with Crippen LogP contribution in [-0.4, -0.2) is 54.9 Å². The summed E-state index contributed by atoms with van der Waals surface area (Å²) in [5.74, 6) is 0.732. The highest BCUT2D eigenvalue weighted by atomic mass is 16.3. The van der Waals surface area contributed by atoms with E-state index in [0.717, 1.165) is 31.8 Å². The highest BCUT2D eigenvalue weighted by Crippen LogP contribution is 2.21. The van der Waals surface area contributed by atoms with Gasteiger partial charge in [-0.2, -0.15) is 0 Å². The molecule has 0 aliphatic carbocycles. The molecule has 1 heterocycles.